The maximum atomic E-state index is 12.0. The number of anilines is 1. The number of likely N-dealkylation sites (tertiary alicyclic amines) is 2. The number of nitrogens with one attached hydrogen (secondary N) is 2. The van der Waals surface area contributed by atoms with Crippen molar-refractivity contribution < 1.29 is 29.0 Å². The van der Waals surface area contributed by atoms with Crippen molar-refractivity contribution in [1.29, 1.82) is 5.26 Å². The number of carbonyl (C=O) groups is 4. The minimum atomic E-state index is -0.578. The van der Waals surface area contributed by atoms with Crippen molar-refractivity contribution in [1.82, 2.24) is 20.1 Å². The third kappa shape index (κ3) is 18.9. The standard InChI is InChI=1S/C12H12N4O3.C11H18N2O2.C4H10.C3H8O.C3H6.C2H6/c13-5-9-4-8(6-16(9)7-17)12(19)15-11-10(18)2-1-3-14-11;14-8-12-5-11(15)13-6-9-3-1-2-4-10(9)7-13;1-4(2)3;1-3-4-2;1-2-3-1;1-2/h1-3,7-9,18H,4,6H2,(H,14,15,19);8-10H,1-7H2,(H,12,14);4H,1-3H3;3H2,1-2H3;1-3H2;1-2H3/t8?,9-;;;;;/m0...../s1. The second kappa shape index (κ2) is 26.4. The maximum absolute atomic E-state index is 12.0. The average molecular weight is 661 g/mol. The molecule has 2 saturated heterocycles. The number of aromatic nitrogens is 1. The molecule has 2 aliphatic carbocycles. The summed E-state index contributed by atoms with van der Waals surface area (Å²) in [5.41, 5.74) is 0. The number of nitrogens with zero attached hydrogens (tertiary/aromatic N) is 4. The molecule has 2 aliphatic heterocycles. The minimum absolute atomic E-state index is 0.0662. The van der Waals surface area contributed by atoms with E-state index in [1.807, 2.05) is 31.7 Å². The van der Waals surface area contributed by atoms with Crippen molar-refractivity contribution in [2.75, 3.05) is 45.2 Å². The van der Waals surface area contributed by atoms with Gasteiger partial charge in [-0.15, -0.1) is 0 Å². The maximum Gasteiger partial charge on any atom is 0.241 e. The smallest absolute Gasteiger partial charge is 0.241 e. The summed E-state index contributed by atoms with van der Waals surface area (Å²) < 4.78 is 4.54. The summed E-state index contributed by atoms with van der Waals surface area (Å²) in [6.45, 7) is 15.4. The monoisotopic (exact) mass is 660 g/mol. The van der Waals surface area contributed by atoms with Gasteiger partial charge in [0, 0.05) is 39.5 Å². The number of methoxy groups -OCH3 is 1. The van der Waals surface area contributed by atoms with Crippen LogP contribution in [0.25, 0.3) is 0 Å². The highest BCUT2D eigenvalue weighted by Gasteiger charge is 2.37. The molecule has 12 nitrogen and oxygen atoms in total. The van der Waals surface area contributed by atoms with Crippen LogP contribution in [-0.4, -0.2) is 90.5 Å². The molecule has 3 N–H and O–H groups in total. The van der Waals surface area contributed by atoms with Gasteiger partial charge >= 0.3 is 0 Å². The van der Waals surface area contributed by atoms with E-state index in [2.05, 4.69) is 41.1 Å². The van der Waals surface area contributed by atoms with Crippen LogP contribution in [0.3, 0.4) is 0 Å². The van der Waals surface area contributed by atoms with Crippen LogP contribution < -0.4 is 10.6 Å². The Morgan fingerprint density at radius 1 is 1.09 bits per heavy atom. The van der Waals surface area contributed by atoms with Crippen LogP contribution in [0.15, 0.2) is 18.3 Å². The molecule has 3 unspecified atom stereocenters. The molecule has 4 aliphatic rings. The Hall–Kier alpha value is -3.72. The number of carbonyl (C=O) groups excluding carboxylic acids is 4. The first-order valence-corrected chi connectivity index (χ1v) is 17.1. The van der Waals surface area contributed by atoms with Crippen molar-refractivity contribution in [3.63, 3.8) is 0 Å². The van der Waals surface area contributed by atoms with E-state index in [1.54, 1.807) is 13.2 Å². The van der Waals surface area contributed by atoms with Gasteiger partial charge in [0.15, 0.2) is 11.6 Å². The van der Waals surface area contributed by atoms with Gasteiger partial charge in [-0.1, -0.05) is 66.7 Å². The van der Waals surface area contributed by atoms with E-state index in [0.717, 1.165) is 37.5 Å². The van der Waals surface area contributed by atoms with Gasteiger partial charge in [0.1, 0.15) is 6.04 Å². The second-order valence-electron chi connectivity index (χ2n) is 12.2. The predicted molar refractivity (Wildman–Crippen MR) is 184 cm³/mol. The lowest BCUT2D eigenvalue weighted by Gasteiger charge is -2.22. The number of fused-ring (bicyclic) bond motifs is 1. The summed E-state index contributed by atoms with van der Waals surface area (Å²) >= 11 is 0. The number of aromatic hydroxyl groups is 1. The van der Waals surface area contributed by atoms with Crippen molar-refractivity contribution in [3.8, 4) is 11.8 Å². The highest BCUT2D eigenvalue weighted by atomic mass is 16.5. The fraction of sp³-hybridized carbons (Fsp3) is 0.714. The Morgan fingerprint density at radius 2 is 1.64 bits per heavy atom. The summed E-state index contributed by atoms with van der Waals surface area (Å²) in [6, 6.07) is 4.35. The first-order chi connectivity index (χ1) is 22.6. The molecule has 0 radical (unpaired) electrons. The van der Waals surface area contributed by atoms with Crippen LogP contribution in [0.4, 0.5) is 5.82 Å². The molecular weight excluding hydrogens is 600 g/mol. The molecule has 0 aromatic carbocycles. The van der Waals surface area contributed by atoms with E-state index < -0.39 is 12.0 Å². The molecule has 266 valence electrons. The van der Waals surface area contributed by atoms with E-state index in [9.17, 15) is 24.3 Å². The summed E-state index contributed by atoms with van der Waals surface area (Å²) in [7, 11) is 1.68. The first kappa shape index (κ1) is 43.3. The number of hydrogen-bond acceptors (Lipinski definition) is 8. The lowest BCUT2D eigenvalue weighted by molar-refractivity contribution is -0.130. The molecule has 4 amide bonds. The lowest BCUT2D eigenvalue weighted by atomic mass is 9.82. The van der Waals surface area contributed by atoms with Gasteiger partial charge < -0.3 is 30.3 Å². The zero-order valence-electron chi connectivity index (χ0n) is 29.7. The summed E-state index contributed by atoms with van der Waals surface area (Å²) in [5.74, 6) is 1.45. The van der Waals surface area contributed by atoms with Gasteiger partial charge in [0.05, 0.1) is 18.5 Å². The van der Waals surface area contributed by atoms with Crippen molar-refractivity contribution in [3.05, 3.63) is 18.3 Å². The molecule has 47 heavy (non-hydrogen) atoms. The van der Waals surface area contributed by atoms with Crippen LogP contribution in [0.5, 0.6) is 5.75 Å². The number of rotatable bonds is 7. The Morgan fingerprint density at radius 3 is 2.04 bits per heavy atom. The topological polar surface area (TPSA) is 165 Å². The third-order valence-electron chi connectivity index (χ3n) is 7.33. The van der Waals surface area contributed by atoms with Crippen LogP contribution in [0.1, 0.15) is 92.9 Å². The SMILES string of the molecule is C1CC1.CC.CC(C)C.CCOC.N#C[C@@H]1CC(C(=O)Nc2ncccc2O)CN1C=O.O=CNCC(=O)N1CC2CCCCC2C1. The Bertz CT molecular complexity index is 1040. The second-order valence-corrected chi connectivity index (χ2v) is 12.2. The Balaban J connectivity index is 0.000000664. The first-order valence-electron chi connectivity index (χ1n) is 17.1. The van der Waals surface area contributed by atoms with Gasteiger partial charge in [-0.05, 0) is 56.1 Å². The van der Waals surface area contributed by atoms with Gasteiger partial charge in [0.25, 0.3) is 0 Å². The highest BCUT2D eigenvalue weighted by molar-refractivity contribution is 5.93. The molecule has 1 aromatic rings. The van der Waals surface area contributed by atoms with Crippen molar-refractivity contribution in [2.24, 2.45) is 23.7 Å². The fourth-order valence-electron chi connectivity index (χ4n) is 4.86. The zero-order valence-corrected chi connectivity index (χ0v) is 29.7. The largest absolute Gasteiger partial charge is 0.504 e. The van der Waals surface area contributed by atoms with Gasteiger partial charge in [-0.2, -0.15) is 5.26 Å². The Labute approximate surface area is 282 Å². The minimum Gasteiger partial charge on any atom is -0.504 e. The molecule has 1 aromatic heterocycles. The van der Waals surface area contributed by atoms with Crippen LogP contribution in [-0.2, 0) is 23.9 Å². The van der Waals surface area contributed by atoms with E-state index in [4.69, 9.17) is 5.26 Å². The zero-order chi connectivity index (χ0) is 35.6. The fourth-order valence-corrected chi connectivity index (χ4v) is 4.86. The van der Waals surface area contributed by atoms with Crippen molar-refractivity contribution in [2.45, 2.75) is 99.0 Å². The molecule has 0 spiro atoms. The van der Waals surface area contributed by atoms with E-state index >= 15 is 0 Å². The van der Waals surface area contributed by atoms with Gasteiger partial charge in [0.2, 0.25) is 24.6 Å². The predicted octanol–water partition coefficient (Wildman–Crippen LogP) is 4.99. The number of amides is 4. The highest BCUT2D eigenvalue weighted by Crippen LogP contribution is 2.35. The van der Waals surface area contributed by atoms with Crippen LogP contribution >= 0.6 is 0 Å². The van der Waals surface area contributed by atoms with Crippen LogP contribution in [0, 0.1) is 35.0 Å². The molecule has 4 atom stereocenters. The average Bonchev–Trinajstić information content (AvgIpc) is 3.80. The number of hydrogen-bond donors (Lipinski definition) is 3. The quantitative estimate of drug-likeness (QED) is 0.344. The molecular formula is C35H60N6O6. The number of pyridine rings is 1. The summed E-state index contributed by atoms with van der Waals surface area (Å²) in [4.78, 5) is 51.5. The Kier molecular flexibility index (Phi) is 24.3. The molecule has 3 heterocycles. The molecule has 0 bridgehead atoms. The van der Waals surface area contributed by atoms with Gasteiger partial charge in [-0.25, -0.2) is 4.98 Å². The number of ether oxygens (including phenoxy) is 1. The molecule has 12 heteroatoms. The third-order valence-corrected chi connectivity index (χ3v) is 7.33. The van der Waals surface area contributed by atoms with Crippen LogP contribution in [0.2, 0.25) is 0 Å². The molecule has 2 saturated carbocycles. The van der Waals surface area contributed by atoms with E-state index in [1.165, 1.54) is 62.1 Å². The number of nitriles is 1. The molecule has 5 rings (SSSR count). The van der Waals surface area contributed by atoms with Crippen molar-refractivity contribution >= 4 is 30.5 Å². The lowest BCUT2D eigenvalue weighted by Crippen LogP contribution is -2.36. The van der Waals surface area contributed by atoms with Gasteiger partial charge in [-0.3, -0.25) is 19.2 Å². The van der Waals surface area contributed by atoms with E-state index in [-0.39, 0.29) is 42.9 Å². The summed E-state index contributed by atoms with van der Waals surface area (Å²) in [6.07, 6.45) is 12.6. The summed E-state index contributed by atoms with van der Waals surface area (Å²) in [5, 5.41) is 23.3. The normalized spacial score (nSPS) is 21.3. The molecule has 4 fully saturated rings. The van der Waals surface area contributed by atoms with E-state index in [0.29, 0.717) is 12.8 Å².